The number of carbonyl (C=O) groups is 2. The van der Waals surface area contributed by atoms with Crippen LogP contribution in [0.25, 0.3) is 33.2 Å². The van der Waals surface area contributed by atoms with Gasteiger partial charge < -0.3 is 21.0 Å². The quantitative estimate of drug-likeness (QED) is 0.165. The molecule has 1 unspecified atom stereocenters. The number of amides is 2. The van der Waals surface area contributed by atoms with Gasteiger partial charge in [-0.1, -0.05) is 33.6 Å². The molecule has 1 aliphatic rings. The number of H-pyrrole nitrogens is 2. The van der Waals surface area contributed by atoms with E-state index in [0.717, 1.165) is 76.1 Å². The van der Waals surface area contributed by atoms with Crippen molar-refractivity contribution in [3.8, 4) is 11.4 Å². The average molecular weight is 573 g/mol. The van der Waals surface area contributed by atoms with Crippen molar-refractivity contribution in [3.05, 3.63) is 57.5 Å². The van der Waals surface area contributed by atoms with Crippen LogP contribution in [0.5, 0.6) is 0 Å². The summed E-state index contributed by atoms with van der Waals surface area (Å²) in [6.07, 6.45) is 4.59. The highest BCUT2D eigenvalue weighted by molar-refractivity contribution is 9.10. The summed E-state index contributed by atoms with van der Waals surface area (Å²) in [6, 6.07) is 14.3. The first kappa shape index (κ1) is 26.3. The third-order valence-electron chi connectivity index (χ3n) is 6.66. The molecule has 0 radical (unpaired) electrons. The molecule has 1 saturated heterocycles. The number of nitrogens with two attached hydrogens (primary N) is 1. The zero-order valence-electron chi connectivity index (χ0n) is 20.2. The van der Waals surface area contributed by atoms with Crippen LogP contribution in [0.3, 0.4) is 0 Å². The van der Waals surface area contributed by atoms with Gasteiger partial charge in [0, 0.05) is 37.8 Å². The summed E-state index contributed by atoms with van der Waals surface area (Å²) in [4.78, 5) is 30.2. The maximum absolute atomic E-state index is 11.1. The Morgan fingerprint density at radius 3 is 2.81 bits per heavy atom. The first-order valence-electron chi connectivity index (χ1n) is 12.1. The van der Waals surface area contributed by atoms with Gasteiger partial charge in [-0.25, -0.2) is 0 Å². The fraction of sp³-hybridized carbons (Fsp3) is 0.333. The zero-order valence-corrected chi connectivity index (χ0v) is 22.6. The van der Waals surface area contributed by atoms with E-state index in [2.05, 4.69) is 67.3 Å². The van der Waals surface area contributed by atoms with Crippen LogP contribution in [0, 0.1) is 6.92 Å². The summed E-state index contributed by atoms with van der Waals surface area (Å²) in [5.74, 6) is -0.210. The molecule has 2 amide bonds. The minimum absolute atomic E-state index is 0.0657. The van der Waals surface area contributed by atoms with Gasteiger partial charge in [-0.2, -0.15) is 0 Å². The highest BCUT2D eigenvalue weighted by atomic mass is 79.9. The standard InChI is InChI=1S/C17H12BrClN2.C10H19N3O2/c1-9-13-4-2-11(18)8-15(13)21-17(9)16-7-10-6-12(19)3-5-14(10)20-16;11-10(15)9-4-3-7-13(9)6-2-1-5-12-8-14/h2-8,20-21H,1H3;8-9H,1-7H2,(H2,11,15)(H,12,14). The Balaban J connectivity index is 0.000000181. The van der Waals surface area contributed by atoms with Gasteiger partial charge in [0.05, 0.1) is 17.4 Å². The van der Waals surface area contributed by atoms with Crippen molar-refractivity contribution in [3.63, 3.8) is 0 Å². The molecule has 0 saturated carbocycles. The molecule has 5 N–H and O–H groups in total. The fourth-order valence-corrected chi connectivity index (χ4v) is 5.38. The van der Waals surface area contributed by atoms with Crippen molar-refractivity contribution in [1.29, 1.82) is 0 Å². The van der Waals surface area contributed by atoms with Crippen LogP contribution in [0.2, 0.25) is 5.02 Å². The van der Waals surface area contributed by atoms with E-state index < -0.39 is 0 Å². The van der Waals surface area contributed by atoms with Gasteiger partial charge in [0.2, 0.25) is 12.3 Å². The second-order valence-electron chi connectivity index (χ2n) is 9.10. The Morgan fingerprint density at radius 2 is 2.03 bits per heavy atom. The normalized spacial score (nSPS) is 15.7. The monoisotopic (exact) mass is 571 g/mol. The van der Waals surface area contributed by atoms with E-state index in [4.69, 9.17) is 17.3 Å². The number of nitrogens with zero attached hydrogens (tertiary/aromatic N) is 1. The van der Waals surface area contributed by atoms with Crippen LogP contribution in [-0.4, -0.2) is 52.9 Å². The smallest absolute Gasteiger partial charge is 0.234 e. The average Bonchev–Trinajstić information content (AvgIpc) is 3.56. The lowest BCUT2D eigenvalue weighted by atomic mass is 10.1. The number of primary amides is 1. The van der Waals surface area contributed by atoms with Gasteiger partial charge in [-0.05, 0) is 87.7 Å². The van der Waals surface area contributed by atoms with Crippen molar-refractivity contribution < 1.29 is 9.59 Å². The second-order valence-corrected chi connectivity index (χ2v) is 10.5. The molecule has 7 nitrogen and oxygen atoms in total. The summed E-state index contributed by atoms with van der Waals surface area (Å²) in [7, 11) is 0. The lowest BCUT2D eigenvalue weighted by molar-refractivity contribution is -0.122. The number of aromatic nitrogens is 2. The lowest BCUT2D eigenvalue weighted by Gasteiger charge is -2.21. The number of hydrogen-bond donors (Lipinski definition) is 4. The molecular formula is C27H31BrClN5O2. The van der Waals surface area contributed by atoms with E-state index in [1.807, 2.05) is 18.2 Å². The van der Waals surface area contributed by atoms with Crippen molar-refractivity contribution in [2.24, 2.45) is 5.73 Å². The van der Waals surface area contributed by atoms with Crippen molar-refractivity contribution >= 4 is 61.7 Å². The van der Waals surface area contributed by atoms with Gasteiger partial charge in [0.15, 0.2) is 0 Å². The first-order valence-corrected chi connectivity index (χ1v) is 13.3. The number of aromatic amines is 2. The van der Waals surface area contributed by atoms with Crippen LogP contribution in [0.4, 0.5) is 0 Å². The predicted octanol–water partition coefficient (Wildman–Crippen LogP) is 5.50. The zero-order chi connectivity index (χ0) is 25.7. The molecule has 2 aromatic carbocycles. The SMILES string of the molecule is Cc1c(-c2cc3cc(Cl)ccc3[nH]2)[nH]c2cc(Br)ccc12.NC(=O)C1CCCN1CCCCNC=O. The van der Waals surface area contributed by atoms with E-state index in [9.17, 15) is 9.59 Å². The Morgan fingerprint density at radius 1 is 1.19 bits per heavy atom. The van der Waals surface area contributed by atoms with Crippen LogP contribution >= 0.6 is 27.5 Å². The number of nitrogens with one attached hydrogen (secondary N) is 3. The van der Waals surface area contributed by atoms with Gasteiger partial charge in [0.25, 0.3) is 0 Å². The Kier molecular flexibility index (Phi) is 8.72. The number of hydrogen-bond acceptors (Lipinski definition) is 3. The second kappa shape index (κ2) is 12.0. The first-order chi connectivity index (χ1) is 17.4. The summed E-state index contributed by atoms with van der Waals surface area (Å²) in [5.41, 5.74) is 11.0. The largest absolute Gasteiger partial charge is 0.368 e. The number of halogens is 2. The maximum Gasteiger partial charge on any atom is 0.234 e. The van der Waals surface area contributed by atoms with Crippen LogP contribution in [0.1, 0.15) is 31.2 Å². The van der Waals surface area contributed by atoms with Crippen molar-refractivity contribution in [2.75, 3.05) is 19.6 Å². The number of fused-ring (bicyclic) bond motifs is 2. The fourth-order valence-electron chi connectivity index (χ4n) is 4.83. The molecule has 5 rings (SSSR count). The molecule has 1 aliphatic heterocycles. The highest BCUT2D eigenvalue weighted by Crippen LogP contribution is 2.33. The molecule has 4 aromatic rings. The molecule has 2 aromatic heterocycles. The predicted molar refractivity (Wildman–Crippen MR) is 150 cm³/mol. The Hall–Kier alpha value is -2.81. The van der Waals surface area contributed by atoms with Crippen molar-refractivity contribution in [2.45, 2.75) is 38.6 Å². The minimum Gasteiger partial charge on any atom is -0.368 e. The van der Waals surface area contributed by atoms with Crippen molar-refractivity contribution in [1.82, 2.24) is 20.2 Å². The van der Waals surface area contributed by atoms with Crippen LogP contribution < -0.4 is 11.1 Å². The number of likely N-dealkylation sites (tertiary alicyclic amines) is 1. The number of carbonyl (C=O) groups excluding carboxylic acids is 2. The molecule has 190 valence electrons. The third kappa shape index (κ3) is 6.11. The molecule has 3 heterocycles. The van der Waals surface area contributed by atoms with E-state index in [1.165, 1.54) is 10.9 Å². The Bertz CT molecular complexity index is 1370. The topological polar surface area (TPSA) is 107 Å². The molecule has 36 heavy (non-hydrogen) atoms. The van der Waals surface area contributed by atoms with Gasteiger partial charge >= 0.3 is 0 Å². The summed E-state index contributed by atoms with van der Waals surface area (Å²) < 4.78 is 1.08. The Labute approximate surface area is 223 Å². The lowest BCUT2D eigenvalue weighted by Crippen LogP contribution is -2.40. The van der Waals surface area contributed by atoms with Gasteiger partial charge in [0.1, 0.15) is 0 Å². The summed E-state index contributed by atoms with van der Waals surface area (Å²) in [6.45, 7) is 4.71. The molecule has 0 aliphatic carbocycles. The number of rotatable bonds is 8. The number of unbranched alkanes of at least 4 members (excludes halogenated alkanes) is 1. The third-order valence-corrected chi connectivity index (χ3v) is 7.39. The highest BCUT2D eigenvalue weighted by Gasteiger charge is 2.27. The molecule has 0 bridgehead atoms. The molecular weight excluding hydrogens is 542 g/mol. The summed E-state index contributed by atoms with van der Waals surface area (Å²) >= 11 is 9.58. The number of benzene rings is 2. The van der Waals surface area contributed by atoms with Crippen LogP contribution in [-0.2, 0) is 9.59 Å². The van der Waals surface area contributed by atoms with Gasteiger partial charge in [-0.3, -0.25) is 14.5 Å². The van der Waals surface area contributed by atoms with E-state index >= 15 is 0 Å². The van der Waals surface area contributed by atoms with Crippen LogP contribution in [0.15, 0.2) is 46.9 Å². The van der Waals surface area contributed by atoms with E-state index in [1.54, 1.807) is 0 Å². The van der Waals surface area contributed by atoms with E-state index in [0.29, 0.717) is 13.0 Å². The minimum atomic E-state index is -0.210. The molecule has 0 spiro atoms. The van der Waals surface area contributed by atoms with E-state index in [-0.39, 0.29) is 11.9 Å². The molecule has 1 atom stereocenters. The van der Waals surface area contributed by atoms with Gasteiger partial charge in [-0.15, -0.1) is 0 Å². The molecule has 9 heteroatoms. The number of aryl methyl sites for hydroxylation is 1. The maximum atomic E-state index is 11.1. The molecule has 1 fully saturated rings. The summed E-state index contributed by atoms with van der Waals surface area (Å²) in [5, 5.41) is 5.73.